The molecule has 86 heavy (non-hydrogen) atoms. The molecule has 7 rings (SSSR count). The van der Waals surface area contributed by atoms with Crippen molar-refractivity contribution in [2.75, 3.05) is 54.1 Å². The standard InChI is InChI=1S/C66H100F2N6O12/c1-14-56-66(10,80)59(76)44(6)73(12)38-40(2)35-64(8,79)61(42(4)57(43(5)62(78)85-56)55-36-65(9,81-13)60(77)45(7)84-55)86-63-58(75)54(33-41(3)83-63)72(11)31-27-50-39-74(71-70-50)30-16-32-82-51-24-21-47(22-25-51)49-23-26-52(53(68)34-49)48-19-17-46(18-20-48)37-69-29-15-28-67/h17-26,34,39-45,54-61,63,69,75-77,79-80H,14-16,27-33,35-38H2,1-13H3/t40-,41-,42+,43-,44-,45+,54+,55?,56-,57+,58-,59-,60+,61-,63+,64-,65-,66-/m1/s1. The number of aryl methyl sites for hydroxylation is 1. The Morgan fingerprint density at radius 3 is 2.24 bits per heavy atom. The maximum Gasteiger partial charge on any atom is 0.309 e. The molecule has 0 aliphatic carbocycles. The Hall–Kier alpha value is -4.55. The van der Waals surface area contributed by atoms with Gasteiger partial charge in [-0.3, -0.25) is 13.9 Å². The van der Waals surface area contributed by atoms with E-state index in [4.69, 9.17) is 28.4 Å². The molecule has 20 heteroatoms. The number of methoxy groups -OCH3 is 1. The van der Waals surface area contributed by atoms with Crippen molar-refractivity contribution >= 4 is 5.97 Å². The van der Waals surface area contributed by atoms with Gasteiger partial charge in [0.2, 0.25) is 0 Å². The van der Waals surface area contributed by atoms with Crippen LogP contribution >= 0.6 is 0 Å². The molecule has 0 amide bonds. The van der Waals surface area contributed by atoms with E-state index in [9.17, 15) is 34.7 Å². The van der Waals surface area contributed by atoms with Crippen LogP contribution < -0.4 is 10.1 Å². The average Bonchev–Trinajstić information content (AvgIpc) is 1.01. The number of esters is 1. The number of carbonyl (C=O) groups excluding carboxylic acids is 1. The summed E-state index contributed by atoms with van der Waals surface area (Å²) in [7, 11) is 5.32. The van der Waals surface area contributed by atoms with Gasteiger partial charge in [0.25, 0.3) is 0 Å². The summed E-state index contributed by atoms with van der Waals surface area (Å²) in [5.41, 5.74) is 0.248. The van der Waals surface area contributed by atoms with E-state index in [2.05, 4.69) is 20.5 Å². The maximum atomic E-state index is 15.4. The lowest BCUT2D eigenvalue weighted by molar-refractivity contribution is -0.302. The molecule has 3 aliphatic heterocycles. The maximum absolute atomic E-state index is 15.4. The van der Waals surface area contributed by atoms with Gasteiger partial charge in [-0.15, -0.1) is 5.10 Å². The van der Waals surface area contributed by atoms with E-state index in [1.807, 2.05) is 114 Å². The number of cyclic esters (lactones) is 1. The van der Waals surface area contributed by atoms with Crippen LogP contribution in [0.4, 0.5) is 8.78 Å². The van der Waals surface area contributed by atoms with Crippen molar-refractivity contribution in [3.8, 4) is 28.0 Å². The number of hydrogen-bond acceptors (Lipinski definition) is 17. The molecule has 3 fully saturated rings. The van der Waals surface area contributed by atoms with E-state index in [-0.39, 0.29) is 43.8 Å². The fraction of sp³-hybridized carbons (Fsp3) is 0.682. The molecule has 1 unspecified atom stereocenters. The number of rotatable bonds is 21. The van der Waals surface area contributed by atoms with Gasteiger partial charge in [-0.1, -0.05) is 81.4 Å². The minimum absolute atomic E-state index is 0.180. The number of aromatic nitrogens is 3. The van der Waals surface area contributed by atoms with E-state index in [0.717, 1.165) is 27.9 Å². The molecular formula is C66H100F2N6O12. The summed E-state index contributed by atoms with van der Waals surface area (Å²) in [6, 6.07) is 19.5. The summed E-state index contributed by atoms with van der Waals surface area (Å²) in [4.78, 5) is 18.7. The molecule has 480 valence electrons. The summed E-state index contributed by atoms with van der Waals surface area (Å²) in [5.74, 6) is -2.82. The van der Waals surface area contributed by atoms with Crippen LogP contribution in [0.3, 0.4) is 0 Å². The highest BCUT2D eigenvalue weighted by molar-refractivity contribution is 5.73. The normalized spacial score (nSPS) is 34.6. The molecule has 0 radical (unpaired) electrons. The molecular weight excluding hydrogens is 1110 g/mol. The lowest BCUT2D eigenvalue weighted by Crippen LogP contribution is -2.62. The van der Waals surface area contributed by atoms with Crippen molar-refractivity contribution in [1.29, 1.82) is 0 Å². The van der Waals surface area contributed by atoms with Crippen molar-refractivity contribution < 1.29 is 67.5 Å². The van der Waals surface area contributed by atoms with Crippen LogP contribution in [0.2, 0.25) is 0 Å². The number of aliphatic hydroxyl groups is 5. The number of alkyl halides is 1. The zero-order valence-corrected chi connectivity index (χ0v) is 53.1. The molecule has 4 heterocycles. The van der Waals surface area contributed by atoms with Crippen LogP contribution in [0, 0.1) is 29.5 Å². The highest BCUT2D eigenvalue weighted by Crippen LogP contribution is 2.45. The van der Waals surface area contributed by atoms with Crippen LogP contribution in [-0.4, -0.2) is 194 Å². The number of nitrogens with zero attached hydrogens (tertiary/aromatic N) is 5. The van der Waals surface area contributed by atoms with E-state index >= 15 is 4.39 Å². The number of hydrogen-bond donors (Lipinski definition) is 6. The summed E-state index contributed by atoms with van der Waals surface area (Å²) in [6.07, 6.45) is -3.92. The number of likely N-dealkylation sites (N-methyl/N-ethyl adjacent to an activating group) is 2. The fourth-order valence-electron chi connectivity index (χ4n) is 13.5. The van der Waals surface area contributed by atoms with E-state index in [1.54, 1.807) is 44.5 Å². The number of halogens is 2. The first-order valence-corrected chi connectivity index (χ1v) is 31.1. The smallest absolute Gasteiger partial charge is 0.309 e. The third-order valence-electron chi connectivity index (χ3n) is 18.8. The summed E-state index contributed by atoms with van der Waals surface area (Å²) < 4.78 is 68.0. The number of carbonyl (C=O) groups is 1. The van der Waals surface area contributed by atoms with Gasteiger partial charge >= 0.3 is 5.97 Å². The fourth-order valence-corrected chi connectivity index (χ4v) is 13.5. The van der Waals surface area contributed by atoms with Crippen molar-refractivity contribution in [1.82, 2.24) is 30.1 Å². The molecule has 3 saturated heterocycles. The van der Waals surface area contributed by atoms with Crippen molar-refractivity contribution in [3.63, 3.8) is 0 Å². The van der Waals surface area contributed by atoms with E-state index in [0.29, 0.717) is 76.3 Å². The molecule has 0 saturated carbocycles. The Kier molecular flexibility index (Phi) is 24.3. The largest absolute Gasteiger partial charge is 0.494 e. The number of ether oxygens (including phenoxy) is 6. The van der Waals surface area contributed by atoms with Crippen LogP contribution in [0.5, 0.6) is 5.75 Å². The first-order valence-electron chi connectivity index (χ1n) is 31.1. The van der Waals surface area contributed by atoms with E-state index in [1.165, 1.54) is 14.0 Å². The third-order valence-corrected chi connectivity index (χ3v) is 18.8. The van der Waals surface area contributed by atoms with Crippen molar-refractivity contribution in [2.24, 2.45) is 23.7 Å². The quantitative estimate of drug-likeness (QED) is 0.0346. The zero-order chi connectivity index (χ0) is 62.8. The van der Waals surface area contributed by atoms with Gasteiger partial charge in [-0.05, 0) is 140 Å². The second-order valence-corrected chi connectivity index (χ2v) is 25.8. The van der Waals surface area contributed by atoms with Gasteiger partial charge < -0.3 is 69.1 Å². The van der Waals surface area contributed by atoms with Crippen LogP contribution in [0.15, 0.2) is 72.9 Å². The minimum Gasteiger partial charge on any atom is -0.494 e. The molecule has 18 atom stereocenters. The lowest BCUT2D eigenvalue weighted by atomic mass is 9.68. The summed E-state index contributed by atoms with van der Waals surface area (Å²) in [6.45, 7) is 20.8. The number of aliphatic hydroxyl groups excluding tert-OH is 3. The van der Waals surface area contributed by atoms with Gasteiger partial charge in [0.15, 0.2) is 6.29 Å². The van der Waals surface area contributed by atoms with Crippen molar-refractivity contribution in [3.05, 3.63) is 90.0 Å². The van der Waals surface area contributed by atoms with Crippen LogP contribution in [-0.2, 0) is 48.0 Å². The molecule has 6 N–H and O–H groups in total. The van der Waals surface area contributed by atoms with Gasteiger partial charge in [0, 0.05) is 82.3 Å². The molecule has 0 bridgehead atoms. The Balaban J connectivity index is 0.986. The number of nitrogens with one attached hydrogen (secondary N) is 1. The Labute approximate surface area is 508 Å². The summed E-state index contributed by atoms with van der Waals surface area (Å²) in [5, 5.41) is 72.4. The molecule has 3 aliphatic rings. The van der Waals surface area contributed by atoms with Crippen LogP contribution in [0.25, 0.3) is 22.3 Å². The monoisotopic (exact) mass is 1210 g/mol. The lowest BCUT2D eigenvalue weighted by Gasteiger charge is -2.51. The molecule has 4 aromatic rings. The van der Waals surface area contributed by atoms with Gasteiger partial charge in [-0.25, -0.2) is 4.39 Å². The molecule has 1 aromatic heterocycles. The zero-order valence-electron chi connectivity index (χ0n) is 53.1. The highest BCUT2D eigenvalue weighted by Gasteiger charge is 2.55. The first kappa shape index (κ1) is 68.9. The topological polar surface area (TPSA) is 223 Å². The van der Waals surface area contributed by atoms with Crippen LogP contribution in [0.1, 0.15) is 119 Å². The SMILES string of the molecule is CC[C@H]1OC(=O)[C@H](C)[C@@H](C2C[C@@](C)(OC)[C@@H](O)[C@H](C)O2)[C@H](C)[C@@H](O[C@@H]2O[C@H](C)C[C@H](N(C)CCc3cn(CCCOc4ccc(-c5ccc(-c6ccc(CNCCCF)cc6)c(F)c5)cc4)nn3)[C@H]2O)[C@](C)(O)C[C@@H](C)CN(C)[C@H](C)[C@@H](O)[C@]1(C)O. The molecule has 0 spiro atoms. The first-order chi connectivity index (χ1) is 40.7. The Bertz CT molecular complexity index is 2740. The molecule has 18 nitrogen and oxygen atoms in total. The van der Waals surface area contributed by atoms with Gasteiger partial charge in [0.05, 0.1) is 60.5 Å². The Morgan fingerprint density at radius 1 is 0.895 bits per heavy atom. The molecule has 3 aromatic carbocycles. The second-order valence-electron chi connectivity index (χ2n) is 25.8. The average molecular weight is 1210 g/mol. The highest BCUT2D eigenvalue weighted by atomic mass is 19.1. The second kappa shape index (κ2) is 30.3. The van der Waals surface area contributed by atoms with Gasteiger partial charge in [-0.2, -0.15) is 0 Å². The predicted octanol–water partition coefficient (Wildman–Crippen LogP) is 7.77. The van der Waals surface area contributed by atoms with Crippen molar-refractivity contribution in [2.45, 2.75) is 211 Å². The minimum atomic E-state index is -1.83. The third kappa shape index (κ3) is 16.8. The van der Waals surface area contributed by atoms with E-state index < -0.39 is 102 Å². The Morgan fingerprint density at radius 2 is 1.58 bits per heavy atom. The van der Waals surface area contributed by atoms with Gasteiger partial charge in [0.1, 0.15) is 41.6 Å². The number of benzene rings is 3. The summed E-state index contributed by atoms with van der Waals surface area (Å²) >= 11 is 0. The predicted molar refractivity (Wildman–Crippen MR) is 325 cm³/mol.